The van der Waals surface area contributed by atoms with Crippen LogP contribution in [0.15, 0.2) is 78.9 Å². The summed E-state index contributed by atoms with van der Waals surface area (Å²) in [4.78, 5) is 22.2. The molecule has 0 aliphatic rings. The van der Waals surface area contributed by atoms with Crippen LogP contribution in [0.25, 0.3) is 0 Å². The molecular weight excluding hydrogens is 351 g/mol. The lowest BCUT2D eigenvalue weighted by atomic mass is 10.2. The maximum Gasteiger partial charge on any atom is 0.335 e. The van der Waals surface area contributed by atoms with E-state index in [1.165, 1.54) is 24.3 Å². The second-order valence-corrected chi connectivity index (χ2v) is 8.42. The summed E-state index contributed by atoms with van der Waals surface area (Å²) in [6.45, 7) is 0. The van der Waals surface area contributed by atoms with Gasteiger partial charge < -0.3 is 14.8 Å². The van der Waals surface area contributed by atoms with Crippen molar-refractivity contribution in [1.29, 1.82) is 0 Å². The smallest absolute Gasteiger partial charge is 0.335 e. The minimum absolute atomic E-state index is 0.106. The number of hydrogen-bond donors (Lipinski definition) is 2. The molecule has 0 fully saturated rings. The largest absolute Gasteiger partial charge is 0.478 e. The lowest BCUT2D eigenvalue weighted by molar-refractivity contribution is 0.0686. The zero-order valence-corrected chi connectivity index (χ0v) is 14.5. The summed E-state index contributed by atoms with van der Waals surface area (Å²) in [6, 6.07) is 20.7. The molecule has 6 heteroatoms. The van der Waals surface area contributed by atoms with Gasteiger partial charge in [0.1, 0.15) is 0 Å². The number of hydrogen-bond acceptors (Lipinski definition) is 3. The Kier molecular flexibility index (Phi) is 4.74. The molecule has 2 N–H and O–H groups in total. The van der Waals surface area contributed by atoms with Gasteiger partial charge in [-0.05, 0) is 24.3 Å². The average Bonchev–Trinajstić information content (AvgIpc) is 2.68. The Balaban J connectivity index is 2.18. The van der Waals surface area contributed by atoms with E-state index in [0.29, 0.717) is 15.9 Å². The third kappa shape index (κ3) is 3.17. The highest BCUT2D eigenvalue weighted by Crippen LogP contribution is 2.42. The first-order valence-corrected chi connectivity index (χ1v) is 9.47. The number of rotatable bonds is 5. The Bertz CT molecular complexity index is 931. The molecule has 0 aliphatic carbocycles. The zero-order chi connectivity index (χ0) is 18.7. The Morgan fingerprint density at radius 2 is 0.923 bits per heavy atom. The van der Waals surface area contributed by atoms with Gasteiger partial charge in [0.25, 0.3) is 0 Å². The van der Waals surface area contributed by atoms with Gasteiger partial charge in [-0.15, -0.1) is 0 Å². The molecule has 0 aliphatic heterocycles. The van der Waals surface area contributed by atoms with Crippen LogP contribution in [0.4, 0.5) is 0 Å². The third-order valence-electron chi connectivity index (χ3n) is 4.08. The summed E-state index contributed by atoms with van der Waals surface area (Å²) in [5, 5.41) is 19.7. The molecule has 0 bridgehead atoms. The van der Waals surface area contributed by atoms with Crippen molar-refractivity contribution in [3.05, 3.63) is 90.0 Å². The van der Waals surface area contributed by atoms with Crippen LogP contribution in [-0.2, 0) is 4.57 Å². The second-order valence-electron chi connectivity index (χ2n) is 5.65. The standard InChI is InChI=1S/C20H15O5P/c21-19(22)14-6-10-17(11-7-14)26(25,16-4-2-1-3-5-16)18-12-8-15(9-13-18)20(23)24/h1-13H,(H,21,22)(H,23,24). The molecule has 0 saturated heterocycles. The van der Waals surface area contributed by atoms with Crippen LogP contribution in [0.5, 0.6) is 0 Å². The monoisotopic (exact) mass is 366 g/mol. The Labute approximate surface area is 149 Å². The fraction of sp³-hybridized carbons (Fsp3) is 0. The predicted octanol–water partition coefficient (Wildman–Crippen LogP) is 2.72. The van der Waals surface area contributed by atoms with Crippen molar-refractivity contribution in [2.45, 2.75) is 0 Å². The van der Waals surface area contributed by atoms with Crippen molar-refractivity contribution in [3.63, 3.8) is 0 Å². The summed E-state index contributed by atoms with van der Waals surface area (Å²) in [6.07, 6.45) is 0. The minimum Gasteiger partial charge on any atom is -0.478 e. The SMILES string of the molecule is O=C(O)c1ccc(P(=O)(c2ccccc2)c2ccc(C(=O)O)cc2)cc1. The average molecular weight is 366 g/mol. The van der Waals surface area contributed by atoms with E-state index in [2.05, 4.69) is 0 Å². The number of aromatic carboxylic acids is 2. The van der Waals surface area contributed by atoms with Crippen LogP contribution < -0.4 is 15.9 Å². The van der Waals surface area contributed by atoms with E-state index >= 15 is 0 Å². The first-order chi connectivity index (χ1) is 12.4. The van der Waals surface area contributed by atoms with Crippen molar-refractivity contribution < 1.29 is 24.4 Å². The summed E-state index contributed by atoms with van der Waals surface area (Å²) >= 11 is 0. The molecule has 0 atom stereocenters. The summed E-state index contributed by atoms with van der Waals surface area (Å²) in [5.41, 5.74) is 0.212. The van der Waals surface area contributed by atoms with Crippen molar-refractivity contribution in [3.8, 4) is 0 Å². The molecule has 26 heavy (non-hydrogen) atoms. The zero-order valence-electron chi connectivity index (χ0n) is 13.6. The van der Waals surface area contributed by atoms with E-state index < -0.39 is 19.1 Å². The Morgan fingerprint density at radius 3 is 1.27 bits per heavy atom. The van der Waals surface area contributed by atoms with Gasteiger partial charge in [-0.2, -0.15) is 0 Å². The van der Waals surface area contributed by atoms with Crippen molar-refractivity contribution in [1.82, 2.24) is 0 Å². The molecular formula is C20H15O5P. The minimum atomic E-state index is -3.26. The molecule has 0 saturated carbocycles. The molecule has 0 amide bonds. The van der Waals surface area contributed by atoms with Crippen LogP contribution >= 0.6 is 7.14 Å². The molecule has 0 heterocycles. The number of benzene rings is 3. The van der Waals surface area contributed by atoms with Crippen molar-refractivity contribution >= 4 is 35.0 Å². The lowest BCUT2D eigenvalue weighted by Gasteiger charge is -2.20. The molecule has 0 spiro atoms. The number of carboxylic acids is 2. The van der Waals surface area contributed by atoms with Gasteiger partial charge in [0.15, 0.2) is 7.14 Å². The summed E-state index contributed by atoms with van der Waals surface area (Å²) < 4.78 is 14.1. The van der Waals surface area contributed by atoms with Crippen LogP contribution in [0.3, 0.4) is 0 Å². The van der Waals surface area contributed by atoms with Crippen molar-refractivity contribution in [2.24, 2.45) is 0 Å². The van der Waals surface area contributed by atoms with Crippen LogP contribution in [0.2, 0.25) is 0 Å². The number of carbonyl (C=O) groups is 2. The van der Waals surface area contributed by atoms with E-state index in [1.807, 2.05) is 6.07 Å². The number of carboxylic acid groups (broad SMARTS) is 2. The van der Waals surface area contributed by atoms with Crippen LogP contribution in [0, 0.1) is 0 Å². The third-order valence-corrected chi connectivity index (χ3v) is 7.15. The topological polar surface area (TPSA) is 91.7 Å². The molecule has 0 unspecified atom stereocenters. The molecule has 3 rings (SSSR count). The van der Waals surface area contributed by atoms with Crippen LogP contribution in [0.1, 0.15) is 20.7 Å². The van der Waals surface area contributed by atoms with E-state index in [0.717, 1.165) is 0 Å². The quantitative estimate of drug-likeness (QED) is 0.678. The van der Waals surface area contributed by atoms with Gasteiger partial charge in [0.2, 0.25) is 0 Å². The fourth-order valence-corrected chi connectivity index (χ4v) is 5.34. The predicted molar refractivity (Wildman–Crippen MR) is 99.8 cm³/mol. The van der Waals surface area contributed by atoms with Crippen molar-refractivity contribution in [2.75, 3.05) is 0 Å². The summed E-state index contributed by atoms with van der Waals surface area (Å²) in [7, 11) is -3.26. The first-order valence-electron chi connectivity index (χ1n) is 7.76. The highest BCUT2D eigenvalue weighted by molar-refractivity contribution is 7.85. The molecule has 0 aromatic heterocycles. The van der Waals surface area contributed by atoms with E-state index in [4.69, 9.17) is 10.2 Å². The first kappa shape index (κ1) is 17.6. The maximum absolute atomic E-state index is 14.1. The second kappa shape index (κ2) is 6.98. The van der Waals surface area contributed by atoms with E-state index in [1.54, 1.807) is 48.5 Å². The molecule has 3 aromatic rings. The van der Waals surface area contributed by atoms with E-state index in [9.17, 15) is 14.2 Å². The van der Waals surface area contributed by atoms with Gasteiger partial charge >= 0.3 is 11.9 Å². The van der Waals surface area contributed by atoms with Gasteiger partial charge in [-0.25, -0.2) is 9.59 Å². The van der Waals surface area contributed by atoms with Gasteiger partial charge in [0.05, 0.1) is 11.1 Å². The highest BCUT2D eigenvalue weighted by atomic mass is 31.2. The normalized spacial score (nSPS) is 11.1. The highest BCUT2D eigenvalue weighted by Gasteiger charge is 2.30. The van der Waals surface area contributed by atoms with Gasteiger partial charge in [-0.3, -0.25) is 0 Å². The molecule has 130 valence electrons. The fourth-order valence-electron chi connectivity index (χ4n) is 2.71. The maximum atomic E-state index is 14.1. The van der Waals surface area contributed by atoms with E-state index in [-0.39, 0.29) is 11.1 Å². The van der Waals surface area contributed by atoms with Crippen LogP contribution in [-0.4, -0.2) is 22.2 Å². The van der Waals surface area contributed by atoms with Gasteiger partial charge in [-0.1, -0.05) is 54.6 Å². The Morgan fingerprint density at radius 1 is 0.577 bits per heavy atom. The molecule has 5 nitrogen and oxygen atoms in total. The Hall–Kier alpha value is -3.17. The summed E-state index contributed by atoms with van der Waals surface area (Å²) in [5.74, 6) is -2.12. The van der Waals surface area contributed by atoms with Gasteiger partial charge in [0, 0.05) is 15.9 Å². The molecule has 0 radical (unpaired) electrons. The lowest BCUT2D eigenvalue weighted by Crippen LogP contribution is -2.25. The molecule has 3 aromatic carbocycles.